The summed E-state index contributed by atoms with van der Waals surface area (Å²) in [4.78, 5) is 11.7. The van der Waals surface area contributed by atoms with Crippen molar-refractivity contribution in [2.24, 2.45) is 29.1 Å². The van der Waals surface area contributed by atoms with Gasteiger partial charge in [-0.2, -0.15) is 0 Å². The minimum absolute atomic E-state index is 0.286. The van der Waals surface area contributed by atoms with E-state index in [-0.39, 0.29) is 17.1 Å². The molecule has 3 saturated carbocycles. The molecule has 0 heterocycles. The Labute approximate surface area is 138 Å². The van der Waals surface area contributed by atoms with E-state index in [0.717, 1.165) is 32.1 Å². The van der Waals surface area contributed by atoms with Gasteiger partial charge >= 0.3 is 0 Å². The predicted molar refractivity (Wildman–Crippen MR) is 87.3 cm³/mol. The van der Waals surface area contributed by atoms with Gasteiger partial charge in [0.2, 0.25) is 0 Å². The molecule has 3 heteroatoms. The maximum atomic E-state index is 11.7. The Balaban J connectivity index is 1.67. The number of rotatable bonds is 0. The van der Waals surface area contributed by atoms with Crippen molar-refractivity contribution in [1.29, 1.82) is 0 Å². The van der Waals surface area contributed by atoms with Crippen molar-refractivity contribution in [2.45, 2.75) is 63.6 Å². The lowest BCUT2D eigenvalue weighted by Crippen LogP contribution is -2.54. The first-order chi connectivity index (χ1) is 10.9. The molecule has 0 aromatic heterocycles. The molecule has 7 atom stereocenters. The summed E-state index contributed by atoms with van der Waals surface area (Å²) in [6.45, 7) is 2.08. The van der Waals surface area contributed by atoms with Crippen LogP contribution in [-0.4, -0.2) is 27.7 Å². The summed E-state index contributed by atoms with van der Waals surface area (Å²) in [5.74, 6) is 4.75. The van der Waals surface area contributed by atoms with E-state index in [0.29, 0.717) is 30.6 Å². The molecule has 0 bridgehead atoms. The van der Waals surface area contributed by atoms with Crippen LogP contribution < -0.4 is 0 Å². The number of aliphatic hydroxyl groups is 2. The van der Waals surface area contributed by atoms with Gasteiger partial charge in [-0.1, -0.05) is 18.4 Å². The lowest BCUT2D eigenvalue weighted by molar-refractivity contribution is -0.118. The molecule has 124 valence electrons. The first kappa shape index (κ1) is 15.4. The number of ketones is 1. The van der Waals surface area contributed by atoms with Gasteiger partial charge in [-0.05, 0) is 68.3 Å². The highest BCUT2D eigenvalue weighted by atomic mass is 16.3. The molecule has 2 N–H and O–H groups in total. The maximum Gasteiger partial charge on any atom is 0.156 e. The molecule has 0 saturated heterocycles. The zero-order chi connectivity index (χ0) is 16.4. The highest BCUT2D eigenvalue weighted by molar-refractivity contribution is 5.91. The predicted octanol–water partition coefficient (Wildman–Crippen LogP) is 2.46. The van der Waals surface area contributed by atoms with Gasteiger partial charge in [0, 0.05) is 11.8 Å². The number of fused-ring (bicyclic) bond motifs is 5. The number of terminal acetylenes is 1. The Morgan fingerprint density at radius 2 is 2.04 bits per heavy atom. The van der Waals surface area contributed by atoms with Crippen molar-refractivity contribution in [1.82, 2.24) is 0 Å². The van der Waals surface area contributed by atoms with Crippen LogP contribution >= 0.6 is 0 Å². The highest BCUT2D eigenvalue weighted by Gasteiger charge is 2.65. The van der Waals surface area contributed by atoms with Crippen LogP contribution in [0, 0.1) is 41.4 Å². The number of carbonyl (C=O) groups excluding carboxylic acids is 1. The van der Waals surface area contributed by atoms with E-state index in [9.17, 15) is 15.0 Å². The maximum absolute atomic E-state index is 11.7. The van der Waals surface area contributed by atoms with Crippen LogP contribution in [-0.2, 0) is 4.79 Å². The summed E-state index contributed by atoms with van der Waals surface area (Å²) in [5, 5.41) is 21.4. The minimum atomic E-state index is -1.39. The molecule has 0 aromatic carbocycles. The highest BCUT2D eigenvalue weighted by Crippen LogP contribution is 2.64. The van der Waals surface area contributed by atoms with E-state index in [1.807, 2.05) is 6.08 Å². The quantitative estimate of drug-likeness (QED) is 0.675. The van der Waals surface area contributed by atoms with Crippen LogP contribution in [0.2, 0.25) is 0 Å². The van der Waals surface area contributed by atoms with Crippen molar-refractivity contribution >= 4 is 5.78 Å². The van der Waals surface area contributed by atoms with Crippen LogP contribution in [0.5, 0.6) is 0 Å². The minimum Gasteiger partial charge on any atom is -0.389 e. The van der Waals surface area contributed by atoms with Gasteiger partial charge in [-0.3, -0.25) is 4.79 Å². The third-order valence-corrected chi connectivity index (χ3v) is 7.74. The number of allylic oxidation sites excluding steroid dienone is 1. The second-order valence-electron chi connectivity index (χ2n) is 8.42. The molecule has 0 aromatic rings. The third kappa shape index (κ3) is 1.88. The molecule has 4 aliphatic carbocycles. The van der Waals surface area contributed by atoms with Gasteiger partial charge in [0.15, 0.2) is 11.4 Å². The van der Waals surface area contributed by atoms with Crippen LogP contribution in [0.15, 0.2) is 11.6 Å². The molecule has 0 radical (unpaired) electrons. The van der Waals surface area contributed by atoms with Crippen LogP contribution in [0.3, 0.4) is 0 Å². The largest absolute Gasteiger partial charge is 0.389 e. The van der Waals surface area contributed by atoms with Crippen LogP contribution in [0.1, 0.15) is 51.9 Å². The smallest absolute Gasteiger partial charge is 0.156 e. The van der Waals surface area contributed by atoms with Gasteiger partial charge in [0.05, 0.1) is 6.10 Å². The average Bonchev–Trinajstić information content (AvgIpc) is 2.75. The molecule has 0 spiro atoms. The monoisotopic (exact) mass is 314 g/mol. The summed E-state index contributed by atoms with van der Waals surface area (Å²) in [7, 11) is 0. The number of hydrogen-bond acceptors (Lipinski definition) is 3. The second-order valence-corrected chi connectivity index (χ2v) is 8.42. The van der Waals surface area contributed by atoms with E-state index in [2.05, 4.69) is 12.8 Å². The Morgan fingerprint density at radius 1 is 1.26 bits per heavy atom. The van der Waals surface area contributed by atoms with Gasteiger partial charge in [0.25, 0.3) is 0 Å². The van der Waals surface area contributed by atoms with Crippen molar-refractivity contribution < 1.29 is 15.0 Å². The lowest BCUT2D eigenvalue weighted by atomic mass is 9.50. The fraction of sp³-hybridized carbons (Fsp3) is 0.750. The molecule has 1 unspecified atom stereocenters. The number of carbonyl (C=O) groups is 1. The van der Waals surface area contributed by atoms with Gasteiger partial charge < -0.3 is 10.2 Å². The van der Waals surface area contributed by atoms with E-state index in [1.165, 1.54) is 5.57 Å². The third-order valence-electron chi connectivity index (χ3n) is 7.74. The van der Waals surface area contributed by atoms with E-state index < -0.39 is 11.7 Å². The zero-order valence-corrected chi connectivity index (χ0v) is 13.8. The topological polar surface area (TPSA) is 57.5 Å². The lowest BCUT2D eigenvalue weighted by Gasteiger charge is -2.54. The summed E-state index contributed by atoms with van der Waals surface area (Å²) < 4.78 is 0. The Bertz CT molecular complexity index is 615. The van der Waals surface area contributed by atoms with Gasteiger partial charge in [-0.25, -0.2) is 0 Å². The summed E-state index contributed by atoms with van der Waals surface area (Å²) in [6, 6.07) is 0. The molecular weight excluding hydrogens is 288 g/mol. The average molecular weight is 314 g/mol. The fourth-order valence-electron chi connectivity index (χ4n) is 6.46. The summed E-state index contributed by atoms with van der Waals surface area (Å²) in [5.41, 5.74) is -0.410. The van der Waals surface area contributed by atoms with Crippen LogP contribution in [0.4, 0.5) is 0 Å². The van der Waals surface area contributed by atoms with Crippen LogP contribution in [0.25, 0.3) is 0 Å². The van der Waals surface area contributed by atoms with Crippen molar-refractivity contribution in [2.75, 3.05) is 0 Å². The van der Waals surface area contributed by atoms with Crippen molar-refractivity contribution in [3.8, 4) is 12.3 Å². The van der Waals surface area contributed by atoms with Crippen molar-refractivity contribution in [3.05, 3.63) is 11.6 Å². The normalized spacial score (nSPS) is 52.0. The van der Waals surface area contributed by atoms with E-state index in [1.54, 1.807) is 0 Å². The Kier molecular flexibility index (Phi) is 3.31. The molecule has 23 heavy (non-hydrogen) atoms. The number of aliphatic hydroxyl groups excluding tert-OH is 1. The fourth-order valence-corrected chi connectivity index (χ4v) is 6.46. The second kappa shape index (κ2) is 4.94. The molecule has 4 rings (SSSR count). The van der Waals surface area contributed by atoms with E-state index >= 15 is 0 Å². The molecule has 0 amide bonds. The van der Waals surface area contributed by atoms with Crippen molar-refractivity contribution in [3.63, 3.8) is 0 Å². The first-order valence-corrected chi connectivity index (χ1v) is 9.02. The number of hydrogen-bond donors (Lipinski definition) is 2. The molecular formula is C20H26O3. The standard InChI is InChI=1S/C20H26O3/c1-3-20(23)18(22)11-17-16-6-4-12-10-13(21)5-7-14(12)15(16)8-9-19(17,20)2/h1,10,14-18,22-23H,4-9,11H2,2H3/t14-,15+,16+,17-,18-,19-,20?/m0/s1. The molecule has 3 fully saturated rings. The zero-order valence-electron chi connectivity index (χ0n) is 13.8. The summed E-state index contributed by atoms with van der Waals surface area (Å²) in [6.07, 6.45) is 13.0. The van der Waals surface area contributed by atoms with Gasteiger partial charge in [0.1, 0.15) is 0 Å². The SMILES string of the molecule is C#CC1(O)[C@@H](O)C[C@H]2[C@@H]3CCC4=CC(=O)CC[C@@H]4[C@H]3CC[C@@]21C. The summed E-state index contributed by atoms with van der Waals surface area (Å²) >= 11 is 0. The van der Waals surface area contributed by atoms with Gasteiger partial charge in [-0.15, -0.1) is 6.42 Å². The Morgan fingerprint density at radius 3 is 2.78 bits per heavy atom. The molecule has 4 aliphatic rings. The molecule has 3 nitrogen and oxygen atoms in total. The Hall–Kier alpha value is -1.11. The first-order valence-electron chi connectivity index (χ1n) is 9.02. The molecule has 0 aliphatic heterocycles. The van der Waals surface area contributed by atoms with E-state index in [4.69, 9.17) is 6.42 Å².